The van der Waals surface area contributed by atoms with Crippen molar-refractivity contribution in [1.29, 1.82) is 0 Å². The van der Waals surface area contributed by atoms with Gasteiger partial charge >= 0.3 is 0 Å². The first-order valence-electron chi connectivity index (χ1n) is 7.94. The van der Waals surface area contributed by atoms with Crippen LogP contribution in [0.3, 0.4) is 0 Å². The van der Waals surface area contributed by atoms with Crippen LogP contribution in [0.4, 0.5) is 0 Å². The van der Waals surface area contributed by atoms with Gasteiger partial charge in [-0.2, -0.15) is 0 Å². The van der Waals surface area contributed by atoms with Crippen LogP contribution in [0.5, 0.6) is 0 Å². The lowest BCUT2D eigenvalue weighted by Gasteiger charge is -2.46. The van der Waals surface area contributed by atoms with E-state index < -0.39 is 13.9 Å². The second-order valence-corrected chi connectivity index (χ2v) is 11.5. The van der Waals surface area contributed by atoms with Gasteiger partial charge in [-0.05, 0) is 38.0 Å². The third kappa shape index (κ3) is 3.85. The molecule has 1 aromatic carbocycles. The van der Waals surface area contributed by atoms with Gasteiger partial charge in [-0.15, -0.1) is 6.58 Å². The van der Waals surface area contributed by atoms with Crippen molar-refractivity contribution in [3.8, 4) is 0 Å². The van der Waals surface area contributed by atoms with E-state index in [4.69, 9.17) is 4.43 Å². The maximum atomic E-state index is 11.4. The lowest BCUT2D eigenvalue weighted by Crippen LogP contribution is -2.53. The molecule has 0 bridgehead atoms. The van der Waals surface area contributed by atoms with Crippen molar-refractivity contribution in [2.24, 2.45) is 0 Å². The summed E-state index contributed by atoms with van der Waals surface area (Å²) in [6, 6.07) is 10.2. The van der Waals surface area contributed by atoms with E-state index in [9.17, 15) is 5.11 Å². The second kappa shape index (κ2) is 6.47. The zero-order valence-electron chi connectivity index (χ0n) is 13.5. The van der Waals surface area contributed by atoms with E-state index in [1.807, 2.05) is 24.3 Å². The molecule has 3 heteroatoms. The zero-order valence-corrected chi connectivity index (χ0v) is 14.5. The fraction of sp³-hybridized carbons (Fsp3) is 0.556. The zero-order chi connectivity index (χ0) is 15.5. The van der Waals surface area contributed by atoms with Crippen LogP contribution in [0.2, 0.25) is 19.6 Å². The summed E-state index contributed by atoms with van der Waals surface area (Å²) < 4.78 is 6.34. The lowest BCUT2D eigenvalue weighted by molar-refractivity contribution is -0.0998. The standard InChI is InChI=1S/C18H28O2Si/c1-5-16(15-11-7-6-8-12-15)18(19)14-10-9-13-17(18)20-21(2,3)4/h5-8,11-12,16-17,19H,1,9-10,13-14H2,2-4H3/t16-,17+,18+/m1/s1. The molecule has 0 heterocycles. The SMILES string of the molecule is C=C[C@H](c1ccccc1)[C@@]1(O)CCCC[C@@H]1O[Si](C)(C)C. The van der Waals surface area contributed by atoms with Gasteiger partial charge in [0.25, 0.3) is 0 Å². The van der Waals surface area contributed by atoms with Crippen LogP contribution in [0.25, 0.3) is 0 Å². The summed E-state index contributed by atoms with van der Waals surface area (Å²) >= 11 is 0. The van der Waals surface area contributed by atoms with Gasteiger partial charge in [-0.25, -0.2) is 0 Å². The first-order valence-corrected chi connectivity index (χ1v) is 11.4. The minimum absolute atomic E-state index is 0.0691. The highest BCUT2D eigenvalue weighted by Crippen LogP contribution is 2.43. The van der Waals surface area contributed by atoms with Gasteiger partial charge in [-0.3, -0.25) is 0 Å². The fourth-order valence-electron chi connectivity index (χ4n) is 3.38. The third-order valence-corrected chi connectivity index (χ3v) is 5.27. The molecule has 1 fully saturated rings. The minimum Gasteiger partial charge on any atom is -0.412 e. The van der Waals surface area contributed by atoms with Crippen LogP contribution in [-0.4, -0.2) is 25.1 Å². The molecular weight excluding hydrogens is 276 g/mol. The van der Waals surface area contributed by atoms with Crippen molar-refractivity contribution in [2.45, 2.75) is 62.9 Å². The van der Waals surface area contributed by atoms with Crippen LogP contribution < -0.4 is 0 Å². The monoisotopic (exact) mass is 304 g/mol. The topological polar surface area (TPSA) is 29.5 Å². The van der Waals surface area contributed by atoms with Crippen LogP contribution in [0, 0.1) is 0 Å². The molecule has 1 aliphatic carbocycles. The third-order valence-electron chi connectivity index (χ3n) is 4.28. The van der Waals surface area contributed by atoms with Crippen LogP contribution in [0.1, 0.15) is 37.2 Å². The molecule has 116 valence electrons. The van der Waals surface area contributed by atoms with Crippen molar-refractivity contribution in [2.75, 3.05) is 0 Å². The predicted octanol–water partition coefficient (Wildman–Crippen LogP) is 4.48. The summed E-state index contributed by atoms with van der Waals surface area (Å²) in [5, 5.41) is 11.4. The van der Waals surface area contributed by atoms with Crippen molar-refractivity contribution >= 4 is 8.32 Å². The number of aliphatic hydroxyl groups is 1. The molecular formula is C18H28O2Si. The highest BCUT2D eigenvalue weighted by atomic mass is 28.4. The molecule has 1 aromatic rings. The Morgan fingerprint density at radius 3 is 2.52 bits per heavy atom. The van der Waals surface area contributed by atoms with Crippen LogP contribution in [-0.2, 0) is 4.43 Å². The molecule has 21 heavy (non-hydrogen) atoms. The summed E-state index contributed by atoms with van der Waals surface area (Å²) in [6.07, 6.45) is 5.73. The van der Waals surface area contributed by atoms with Gasteiger partial charge < -0.3 is 9.53 Å². The number of hydrogen-bond donors (Lipinski definition) is 1. The number of hydrogen-bond acceptors (Lipinski definition) is 2. The predicted molar refractivity (Wildman–Crippen MR) is 91.0 cm³/mol. The fourth-order valence-corrected chi connectivity index (χ4v) is 4.56. The van der Waals surface area contributed by atoms with E-state index in [0.717, 1.165) is 31.2 Å². The molecule has 0 unspecified atom stereocenters. The van der Waals surface area contributed by atoms with Crippen LogP contribution in [0.15, 0.2) is 43.0 Å². The van der Waals surface area contributed by atoms with Crippen LogP contribution >= 0.6 is 0 Å². The van der Waals surface area contributed by atoms with Gasteiger partial charge in [0.2, 0.25) is 0 Å². The first kappa shape index (κ1) is 16.5. The summed E-state index contributed by atoms with van der Waals surface area (Å²) in [7, 11) is -1.69. The number of benzene rings is 1. The van der Waals surface area contributed by atoms with Gasteiger partial charge in [0.15, 0.2) is 8.32 Å². The van der Waals surface area contributed by atoms with E-state index in [1.54, 1.807) is 0 Å². The highest BCUT2D eigenvalue weighted by Gasteiger charge is 2.46. The van der Waals surface area contributed by atoms with Gasteiger partial charge in [0, 0.05) is 5.92 Å². The molecule has 1 N–H and O–H groups in total. The van der Waals surface area contributed by atoms with Gasteiger partial charge in [0.05, 0.1) is 11.7 Å². The first-order chi connectivity index (χ1) is 9.87. The molecule has 2 nitrogen and oxygen atoms in total. The molecule has 1 aliphatic rings. The molecule has 0 spiro atoms. The van der Waals surface area contributed by atoms with Crippen molar-refractivity contribution in [1.82, 2.24) is 0 Å². The smallest absolute Gasteiger partial charge is 0.184 e. The second-order valence-electron chi connectivity index (χ2n) is 7.08. The average Bonchev–Trinajstić information content (AvgIpc) is 2.42. The Balaban J connectivity index is 2.32. The van der Waals surface area contributed by atoms with Crippen molar-refractivity contribution in [3.05, 3.63) is 48.6 Å². The highest BCUT2D eigenvalue weighted by molar-refractivity contribution is 6.69. The summed E-state index contributed by atoms with van der Waals surface area (Å²) in [6.45, 7) is 10.5. The largest absolute Gasteiger partial charge is 0.412 e. The Morgan fingerprint density at radius 2 is 1.95 bits per heavy atom. The van der Waals surface area contributed by atoms with E-state index in [1.165, 1.54) is 0 Å². The number of rotatable bonds is 5. The Morgan fingerprint density at radius 1 is 1.29 bits per heavy atom. The lowest BCUT2D eigenvalue weighted by atomic mass is 9.71. The van der Waals surface area contributed by atoms with E-state index in [2.05, 4.69) is 38.4 Å². The summed E-state index contributed by atoms with van der Waals surface area (Å²) in [4.78, 5) is 0. The Kier molecular flexibility index (Phi) is 5.07. The molecule has 1 saturated carbocycles. The normalized spacial score (nSPS) is 28.1. The van der Waals surface area contributed by atoms with Gasteiger partial charge in [0.1, 0.15) is 0 Å². The van der Waals surface area contributed by atoms with E-state index >= 15 is 0 Å². The van der Waals surface area contributed by atoms with Crippen molar-refractivity contribution in [3.63, 3.8) is 0 Å². The van der Waals surface area contributed by atoms with Gasteiger partial charge in [-0.1, -0.05) is 49.2 Å². The Bertz CT molecular complexity index is 466. The molecule has 3 atom stereocenters. The van der Waals surface area contributed by atoms with E-state index in [-0.39, 0.29) is 12.0 Å². The van der Waals surface area contributed by atoms with E-state index in [0.29, 0.717) is 0 Å². The average molecular weight is 305 g/mol. The molecule has 2 rings (SSSR count). The quantitative estimate of drug-likeness (QED) is 0.642. The maximum absolute atomic E-state index is 11.4. The van der Waals surface area contributed by atoms with Crippen molar-refractivity contribution < 1.29 is 9.53 Å². The maximum Gasteiger partial charge on any atom is 0.184 e. The molecule has 0 saturated heterocycles. The minimum atomic E-state index is -1.69. The molecule has 0 radical (unpaired) electrons. The Hall–Kier alpha value is -0.903. The molecule has 0 aromatic heterocycles. The summed E-state index contributed by atoms with van der Waals surface area (Å²) in [5.41, 5.74) is 0.294. The summed E-state index contributed by atoms with van der Waals surface area (Å²) in [5.74, 6) is -0.0691. The molecule has 0 amide bonds. The molecule has 0 aliphatic heterocycles. The Labute approximate surface area is 130 Å².